The molecule has 0 bridgehead atoms. The number of nitrogens with two attached hydrogens (primary N) is 1. The van der Waals surface area contributed by atoms with Crippen LogP contribution in [0.2, 0.25) is 0 Å². The molecular formula is C15H21N3OS2. The molecule has 2 rings (SSSR count). The van der Waals surface area contributed by atoms with Crippen molar-refractivity contribution in [2.24, 2.45) is 5.73 Å². The first kappa shape index (κ1) is 16.3. The van der Waals surface area contributed by atoms with Gasteiger partial charge in [-0.2, -0.15) is 11.8 Å². The number of benzene rings is 1. The molecule has 0 aliphatic carbocycles. The Labute approximate surface area is 135 Å². The molecular weight excluding hydrogens is 302 g/mol. The number of hydrogen-bond donors (Lipinski definition) is 2. The minimum atomic E-state index is 0.0342. The fourth-order valence-corrected chi connectivity index (χ4v) is 3.31. The van der Waals surface area contributed by atoms with Crippen molar-refractivity contribution >= 4 is 40.6 Å². The van der Waals surface area contributed by atoms with Crippen molar-refractivity contribution in [1.29, 1.82) is 0 Å². The number of carbonyl (C=O) groups is 1. The van der Waals surface area contributed by atoms with E-state index in [1.54, 1.807) is 0 Å². The topological polar surface area (TPSA) is 58.4 Å². The first-order valence-electron chi connectivity index (χ1n) is 7.15. The van der Waals surface area contributed by atoms with Crippen LogP contribution in [0.3, 0.4) is 0 Å². The molecule has 21 heavy (non-hydrogen) atoms. The molecule has 0 aromatic heterocycles. The van der Waals surface area contributed by atoms with E-state index in [0.717, 1.165) is 36.6 Å². The monoisotopic (exact) mass is 323 g/mol. The average Bonchev–Trinajstić information content (AvgIpc) is 2.74. The van der Waals surface area contributed by atoms with Gasteiger partial charge in [0.2, 0.25) is 5.91 Å². The zero-order valence-corrected chi connectivity index (χ0v) is 13.6. The van der Waals surface area contributed by atoms with E-state index < -0.39 is 0 Å². The van der Waals surface area contributed by atoms with Crippen LogP contribution in [-0.4, -0.2) is 46.9 Å². The van der Waals surface area contributed by atoms with E-state index in [1.165, 1.54) is 12.2 Å². The molecule has 0 saturated carbocycles. The van der Waals surface area contributed by atoms with Crippen molar-refractivity contribution in [3.63, 3.8) is 0 Å². The van der Waals surface area contributed by atoms with E-state index in [1.807, 2.05) is 36.0 Å². The number of carbonyl (C=O) groups excluding carboxylic acids is 1. The summed E-state index contributed by atoms with van der Waals surface area (Å²) in [5, 5.41) is 2.91. The quantitative estimate of drug-likeness (QED) is 0.813. The molecule has 1 heterocycles. The number of nitrogens with one attached hydrogen (secondary N) is 1. The normalized spacial score (nSPS) is 16.2. The summed E-state index contributed by atoms with van der Waals surface area (Å²) in [5.41, 5.74) is 7.11. The Bertz CT molecular complexity index is 499. The predicted molar refractivity (Wildman–Crippen MR) is 94.0 cm³/mol. The first-order chi connectivity index (χ1) is 10.1. The maximum atomic E-state index is 12.0. The third-order valence-electron chi connectivity index (χ3n) is 3.40. The zero-order valence-electron chi connectivity index (χ0n) is 12.0. The standard InChI is InChI=1S/C15H21N3OS2/c16-15(20)12-3-1-4-13(11-12)17-14(19)5-7-18-6-2-9-21-10-8-18/h1,3-4,11H,2,5-10H2,(H2,16,20)(H,17,19). The van der Waals surface area contributed by atoms with Gasteiger partial charge in [-0.1, -0.05) is 24.4 Å². The van der Waals surface area contributed by atoms with E-state index in [4.69, 9.17) is 18.0 Å². The van der Waals surface area contributed by atoms with Crippen LogP contribution < -0.4 is 11.1 Å². The van der Waals surface area contributed by atoms with E-state index in [-0.39, 0.29) is 5.91 Å². The number of hydrogen-bond acceptors (Lipinski definition) is 4. The summed E-state index contributed by atoms with van der Waals surface area (Å²) in [6, 6.07) is 7.34. The van der Waals surface area contributed by atoms with Gasteiger partial charge in [0.1, 0.15) is 4.99 Å². The van der Waals surface area contributed by atoms with Crippen molar-refractivity contribution in [2.45, 2.75) is 12.8 Å². The van der Waals surface area contributed by atoms with Crippen molar-refractivity contribution in [3.05, 3.63) is 29.8 Å². The Morgan fingerprint density at radius 1 is 1.38 bits per heavy atom. The van der Waals surface area contributed by atoms with Gasteiger partial charge in [-0.25, -0.2) is 0 Å². The van der Waals surface area contributed by atoms with E-state index in [9.17, 15) is 4.79 Å². The summed E-state index contributed by atoms with van der Waals surface area (Å²) in [7, 11) is 0. The summed E-state index contributed by atoms with van der Waals surface area (Å²) in [6.45, 7) is 2.99. The third kappa shape index (κ3) is 5.65. The smallest absolute Gasteiger partial charge is 0.225 e. The van der Waals surface area contributed by atoms with Crippen LogP contribution >= 0.6 is 24.0 Å². The first-order valence-corrected chi connectivity index (χ1v) is 8.71. The van der Waals surface area contributed by atoms with Gasteiger partial charge in [0.05, 0.1) is 0 Å². The number of anilines is 1. The van der Waals surface area contributed by atoms with Gasteiger partial charge < -0.3 is 16.0 Å². The zero-order chi connectivity index (χ0) is 15.1. The number of amides is 1. The van der Waals surface area contributed by atoms with Crippen molar-refractivity contribution < 1.29 is 4.79 Å². The molecule has 0 unspecified atom stereocenters. The third-order valence-corrected chi connectivity index (χ3v) is 4.69. The maximum Gasteiger partial charge on any atom is 0.225 e. The van der Waals surface area contributed by atoms with Crippen LogP contribution in [0.4, 0.5) is 5.69 Å². The lowest BCUT2D eigenvalue weighted by Gasteiger charge is -2.18. The predicted octanol–water partition coefficient (Wildman–Crippen LogP) is 2.09. The molecule has 4 nitrogen and oxygen atoms in total. The molecule has 3 N–H and O–H groups in total. The summed E-state index contributed by atoms with van der Waals surface area (Å²) < 4.78 is 0. The van der Waals surface area contributed by atoms with Gasteiger partial charge in [-0.05, 0) is 30.9 Å². The second kappa shape index (κ2) is 8.36. The van der Waals surface area contributed by atoms with Crippen molar-refractivity contribution in [3.8, 4) is 0 Å². The largest absolute Gasteiger partial charge is 0.389 e. The summed E-state index contributed by atoms with van der Waals surface area (Å²) in [5.74, 6) is 2.43. The second-order valence-corrected chi connectivity index (χ2v) is 6.72. The van der Waals surface area contributed by atoms with Gasteiger partial charge in [0, 0.05) is 36.5 Å². The molecule has 1 aliphatic heterocycles. The molecule has 0 radical (unpaired) electrons. The Hall–Kier alpha value is -1.11. The Kier molecular flexibility index (Phi) is 6.48. The van der Waals surface area contributed by atoms with E-state index in [0.29, 0.717) is 11.4 Å². The molecule has 114 valence electrons. The highest BCUT2D eigenvalue weighted by atomic mass is 32.2. The van der Waals surface area contributed by atoms with Crippen LogP contribution in [-0.2, 0) is 4.79 Å². The molecule has 1 amide bonds. The molecule has 1 aliphatic rings. The van der Waals surface area contributed by atoms with Gasteiger partial charge in [0.25, 0.3) is 0 Å². The SMILES string of the molecule is NC(=S)c1cccc(NC(=O)CCN2CCCSCC2)c1. The van der Waals surface area contributed by atoms with Crippen molar-refractivity contribution in [1.82, 2.24) is 4.90 Å². The molecule has 1 aromatic rings. The lowest BCUT2D eigenvalue weighted by molar-refractivity contribution is -0.116. The number of thiocarbonyl (C=S) groups is 1. The lowest BCUT2D eigenvalue weighted by atomic mass is 10.2. The average molecular weight is 323 g/mol. The van der Waals surface area contributed by atoms with Crippen LogP contribution in [0.1, 0.15) is 18.4 Å². The molecule has 0 atom stereocenters. The van der Waals surface area contributed by atoms with Gasteiger partial charge in [-0.3, -0.25) is 4.79 Å². The highest BCUT2D eigenvalue weighted by molar-refractivity contribution is 7.99. The van der Waals surface area contributed by atoms with Crippen molar-refractivity contribution in [2.75, 3.05) is 36.5 Å². The van der Waals surface area contributed by atoms with E-state index >= 15 is 0 Å². The van der Waals surface area contributed by atoms with Gasteiger partial charge in [-0.15, -0.1) is 0 Å². The highest BCUT2D eigenvalue weighted by Crippen LogP contribution is 2.12. The molecule has 1 fully saturated rings. The van der Waals surface area contributed by atoms with E-state index in [2.05, 4.69) is 10.2 Å². The van der Waals surface area contributed by atoms with Gasteiger partial charge >= 0.3 is 0 Å². The number of rotatable bonds is 5. The fraction of sp³-hybridized carbons (Fsp3) is 0.467. The molecule has 6 heteroatoms. The van der Waals surface area contributed by atoms with Gasteiger partial charge in [0.15, 0.2) is 0 Å². The maximum absolute atomic E-state index is 12.0. The van der Waals surface area contributed by atoms with Crippen LogP contribution in [0.5, 0.6) is 0 Å². The minimum Gasteiger partial charge on any atom is -0.389 e. The Morgan fingerprint density at radius 3 is 3.05 bits per heavy atom. The number of thioether (sulfide) groups is 1. The Balaban J connectivity index is 1.81. The summed E-state index contributed by atoms with van der Waals surface area (Å²) in [4.78, 5) is 14.7. The summed E-state index contributed by atoms with van der Waals surface area (Å²) in [6.07, 6.45) is 1.73. The highest BCUT2D eigenvalue weighted by Gasteiger charge is 2.11. The molecule has 0 spiro atoms. The van der Waals surface area contributed by atoms with Crippen LogP contribution in [0, 0.1) is 0 Å². The van der Waals surface area contributed by atoms with Crippen LogP contribution in [0.25, 0.3) is 0 Å². The molecule has 1 aromatic carbocycles. The fourth-order valence-electron chi connectivity index (χ4n) is 2.25. The minimum absolute atomic E-state index is 0.0342. The summed E-state index contributed by atoms with van der Waals surface area (Å²) >= 11 is 6.94. The second-order valence-electron chi connectivity index (χ2n) is 5.05. The lowest BCUT2D eigenvalue weighted by Crippen LogP contribution is -2.29. The molecule has 1 saturated heterocycles. The Morgan fingerprint density at radius 2 is 2.24 bits per heavy atom. The van der Waals surface area contributed by atoms with Crippen LogP contribution in [0.15, 0.2) is 24.3 Å². The number of nitrogens with zero attached hydrogens (tertiary/aromatic N) is 1.